The van der Waals surface area contributed by atoms with Gasteiger partial charge in [-0.3, -0.25) is 14.2 Å². The van der Waals surface area contributed by atoms with Gasteiger partial charge in [-0.25, -0.2) is 9.97 Å². The molecule has 0 atom stereocenters. The number of hydrogen-bond acceptors (Lipinski definition) is 4. The van der Waals surface area contributed by atoms with Gasteiger partial charge in [0, 0.05) is 13.2 Å². The zero-order chi connectivity index (χ0) is 11.7. The van der Waals surface area contributed by atoms with Crippen LogP contribution in [-0.2, 0) is 18.3 Å². The minimum Gasteiger partial charge on any atom is -0.300 e. The fraction of sp³-hybridized carbons (Fsp3) is 0.273. The van der Waals surface area contributed by atoms with E-state index in [0.717, 1.165) is 0 Å². The fourth-order valence-corrected chi connectivity index (χ4v) is 1.57. The van der Waals surface area contributed by atoms with Crippen molar-refractivity contribution in [2.24, 2.45) is 7.05 Å². The van der Waals surface area contributed by atoms with Gasteiger partial charge in [0.15, 0.2) is 5.65 Å². The lowest BCUT2D eigenvalue weighted by atomic mass is 10.2. The smallest absolute Gasteiger partial charge is 0.274 e. The Labute approximate surface area is 91.8 Å². The predicted octanol–water partition coefficient (Wildman–Crippen LogP) is 0.460. The highest BCUT2D eigenvalue weighted by Gasteiger charge is 2.10. The van der Waals surface area contributed by atoms with Crippen molar-refractivity contribution in [3.8, 4) is 0 Å². The molecule has 0 N–H and O–H groups in total. The number of carbonyl (C=O) groups is 1. The van der Waals surface area contributed by atoms with Gasteiger partial charge in [-0.2, -0.15) is 0 Å². The first kappa shape index (κ1) is 10.5. The molecule has 5 heteroatoms. The second-order valence-electron chi connectivity index (χ2n) is 3.65. The molecule has 0 aromatic carbocycles. The van der Waals surface area contributed by atoms with Crippen LogP contribution in [0, 0.1) is 0 Å². The van der Waals surface area contributed by atoms with E-state index in [1.54, 1.807) is 25.4 Å². The number of carbonyl (C=O) groups excluding carboxylic acids is 1. The van der Waals surface area contributed by atoms with Gasteiger partial charge in [0.1, 0.15) is 17.0 Å². The first-order valence-electron chi connectivity index (χ1n) is 4.89. The van der Waals surface area contributed by atoms with Crippen LogP contribution in [0.5, 0.6) is 0 Å². The third kappa shape index (κ3) is 1.71. The van der Waals surface area contributed by atoms with Gasteiger partial charge in [-0.05, 0) is 19.1 Å². The minimum atomic E-state index is -0.263. The third-order valence-corrected chi connectivity index (χ3v) is 2.31. The normalized spacial score (nSPS) is 10.6. The monoisotopic (exact) mass is 217 g/mol. The second kappa shape index (κ2) is 3.84. The molecule has 82 valence electrons. The van der Waals surface area contributed by atoms with Gasteiger partial charge < -0.3 is 0 Å². The average Bonchev–Trinajstić information content (AvgIpc) is 2.25. The molecular formula is C11H11N3O2. The van der Waals surface area contributed by atoms with Gasteiger partial charge in [0.2, 0.25) is 0 Å². The molecule has 0 radical (unpaired) electrons. The van der Waals surface area contributed by atoms with Crippen LogP contribution in [0.4, 0.5) is 0 Å². The van der Waals surface area contributed by atoms with E-state index in [0.29, 0.717) is 11.2 Å². The molecule has 0 saturated carbocycles. The van der Waals surface area contributed by atoms with E-state index in [4.69, 9.17) is 0 Å². The van der Waals surface area contributed by atoms with Crippen LogP contribution in [0.15, 0.2) is 23.1 Å². The Morgan fingerprint density at radius 1 is 1.50 bits per heavy atom. The highest BCUT2D eigenvalue weighted by molar-refractivity contribution is 5.78. The van der Waals surface area contributed by atoms with Crippen molar-refractivity contribution in [2.75, 3.05) is 0 Å². The van der Waals surface area contributed by atoms with E-state index in [9.17, 15) is 9.59 Å². The SMILES string of the molecule is CC(=O)Cc1nc2cccnc2n(C)c1=O. The molecule has 0 bridgehead atoms. The molecule has 0 aliphatic carbocycles. The van der Waals surface area contributed by atoms with Crippen molar-refractivity contribution in [2.45, 2.75) is 13.3 Å². The Kier molecular flexibility index (Phi) is 2.52. The molecular weight excluding hydrogens is 206 g/mol. The van der Waals surface area contributed by atoms with Crippen LogP contribution in [0.1, 0.15) is 12.6 Å². The van der Waals surface area contributed by atoms with Gasteiger partial charge in [-0.15, -0.1) is 0 Å². The Bertz CT molecular complexity index is 616. The van der Waals surface area contributed by atoms with E-state index in [1.165, 1.54) is 11.5 Å². The molecule has 0 amide bonds. The van der Waals surface area contributed by atoms with Gasteiger partial charge in [0.25, 0.3) is 5.56 Å². The lowest BCUT2D eigenvalue weighted by Gasteiger charge is -2.05. The molecule has 0 aliphatic rings. The number of aromatic nitrogens is 3. The van der Waals surface area contributed by atoms with E-state index < -0.39 is 0 Å². The summed E-state index contributed by atoms with van der Waals surface area (Å²) in [7, 11) is 1.63. The number of ketones is 1. The summed E-state index contributed by atoms with van der Waals surface area (Å²) in [6.45, 7) is 1.44. The molecule has 0 unspecified atom stereocenters. The molecule has 0 aliphatic heterocycles. The Morgan fingerprint density at radius 3 is 2.94 bits per heavy atom. The number of rotatable bonds is 2. The van der Waals surface area contributed by atoms with Crippen LogP contribution in [0.2, 0.25) is 0 Å². The van der Waals surface area contributed by atoms with Crippen LogP contribution >= 0.6 is 0 Å². The quantitative estimate of drug-likeness (QED) is 0.733. The third-order valence-electron chi connectivity index (χ3n) is 2.31. The topological polar surface area (TPSA) is 64.8 Å². The summed E-state index contributed by atoms with van der Waals surface area (Å²) >= 11 is 0. The van der Waals surface area contributed by atoms with E-state index >= 15 is 0 Å². The van der Waals surface area contributed by atoms with Gasteiger partial charge in [-0.1, -0.05) is 0 Å². The average molecular weight is 217 g/mol. The minimum absolute atomic E-state index is 0.0670. The lowest BCUT2D eigenvalue weighted by molar-refractivity contribution is -0.116. The molecule has 16 heavy (non-hydrogen) atoms. The van der Waals surface area contributed by atoms with Crippen molar-refractivity contribution in [3.05, 3.63) is 34.4 Å². The number of hydrogen-bond donors (Lipinski definition) is 0. The van der Waals surface area contributed by atoms with E-state index in [1.807, 2.05) is 0 Å². The van der Waals surface area contributed by atoms with Crippen LogP contribution in [0.25, 0.3) is 11.2 Å². The number of fused-ring (bicyclic) bond motifs is 1. The van der Waals surface area contributed by atoms with Crippen molar-refractivity contribution < 1.29 is 4.79 Å². The lowest BCUT2D eigenvalue weighted by Crippen LogP contribution is -2.25. The van der Waals surface area contributed by atoms with Crippen molar-refractivity contribution >= 4 is 16.9 Å². The maximum atomic E-state index is 11.8. The van der Waals surface area contributed by atoms with E-state index in [-0.39, 0.29) is 23.5 Å². The summed E-state index contributed by atoms with van der Waals surface area (Å²) in [5.74, 6) is -0.0761. The van der Waals surface area contributed by atoms with E-state index in [2.05, 4.69) is 9.97 Å². The van der Waals surface area contributed by atoms with Crippen LogP contribution in [-0.4, -0.2) is 20.3 Å². The Morgan fingerprint density at radius 2 is 2.25 bits per heavy atom. The summed E-state index contributed by atoms with van der Waals surface area (Å²) in [4.78, 5) is 31.1. The molecule has 2 heterocycles. The van der Waals surface area contributed by atoms with Crippen LogP contribution in [0.3, 0.4) is 0 Å². The molecule has 0 fully saturated rings. The first-order chi connectivity index (χ1) is 7.59. The molecule has 2 rings (SSSR count). The van der Waals surface area contributed by atoms with Crippen molar-refractivity contribution in [1.29, 1.82) is 0 Å². The fourth-order valence-electron chi connectivity index (χ4n) is 1.57. The van der Waals surface area contributed by atoms with Gasteiger partial charge in [0.05, 0.1) is 6.42 Å². The number of nitrogens with zero attached hydrogens (tertiary/aromatic N) is 3. The maximum absolute atomic E-state index is 11.8. The summed E-state index contributed by atoms with van der Waals surface area (Å²) < 4.78 is 1.42. The van der Waals surface area contributed by atoms with Crippen molar-refractivity contribution in [3.63, 3.8) is 0 Å². The summed E-state index contributed by atoms with van der Waals surface area (Å²) in [5.41, 5.74) is 1.16. The summed E-state index contributed by atoms with van der Waals surface area (Å²) in [6.07, 6.45) is 1.67. The Balaban J connectivity index is 2.74. The molecule has 2 aromatic heterocycles. The zero-order valence-corrected chi connectivity index (χ0v) is 9.10. The standard InChI is InChI=1S/C11H11N3O2/c1-7(15)6-9-11(16)14(2)10-8(13-9)4-3-5-12-10/h3-5H,6H2,1-2H3. The molecule has 0 saturated heterocycles. The Hall–Kier alpha value is -2.04. The molecule has 0 spiro atoms. The van der Waals surface area contributed by atoms with Crippen LogP contribution < -0.4 is 5.56 Å². The maximum Gasteiger partial charge on any atom is 0.274 e. The number of pyridine rings is 1. The summed E-state index contributed by atoms with van der Waals surface area (Å²) in [5, 5.41) is 0. The van der Waals surface area contributed by atoms with Crippen molar-refractivity contribution in [1.82, 2.24) is 14.5 Å². The summed E-state index contributed by atoms with van der Waals surface area (Å²) in [6, 6.07) is 3.52. The highest BCUT2D eigenvalue weighted by Crippen LogP contribution is 2.05. The highest BCUT2D eigenvalue weighted by atomic mass is 16.1. The largest absolute Gasteiger partial charge is 0.300 e. The second-order valence-corrected chi connectivity index (χ2v) is 3.65. The molecule has 5 nitrogen and oxygen atoms in total. The number of Topliss-reactive ketones (excluding diaryl/α,β-unsaturated/α-hetero) is 1. The van der Waals surface area contributed by atoms with Gasteiger partial charge >= 0.3 is 0 Å². The predicted molar refractivity (Wildman–Crippen MR) is 59.2 cm³/mol. The zero-order valence-electron chi connectivity index (χ0n) is 9.10. The molecule has 2 aromatic rings. The first-order valence-corrected chi connectivity index (χ1v) is 4.89. The number of aryl methyl sites for hydroxylation is 1.